The predicted octanol–water partition coefficient (Wildman–Crippen LogP) is 3.51. The first-order valence-electron chi connectivity index (χ1n) is 6.01. The normalized spacial score (nSPS) is 10.7. The van der Waals surface area contributed by atoms with Crippen LogP contribution in [0.4, 0.5) is 11.4 Å². The molecule has 0 atom stereocenters. The molecule has 19 heavy (non-hydrogen) atoms. The van der Waals surface area contributed by atoms with Gasteiger partial charge >= 0.3 is 0 Å². The summed E-state index contributed by atoms with van der Waals surface area (Å²) in [6.45, 7) is 4.03. The third-order valence-electron chi connectivity index (χ3n) is 2.74. The summed E-state index contributed by atoms with van der Waals surface area (Å²) in [5.74, 6) is -0.146. The zero-order chi connectivity index (χ0) is 14.0. The lowest BCUT2D eigenvalue weighted by molar-refractivity contribution is 0.101. The van der Waals surface area contributed by atoms with E-state index in [1.807, 2.05) is 42.7 Å². The van der Waals surface area contributed by atoms with E-state index in [-0.39, 0.29) is 11.9 Å². The Labute approximate surface area is 126 Å². The first-order valence-corrected chi connectivity index (χ1v) is 7.09. The molecule has 0 spiro atoms. The summed E-state index contributed by atoms with van der Waals surface area (Å²) < 4.78 is 2.95. The molecule has 0 unspecified atom stereocenters. The molecular formula is C14H16IN3O. The molecule has 0 radical (unpaired) electrons. The number of nitrogens with zero attached hydrogens (tertiary/aromatic N) is 1. The number of aromatic nitrogens is 1. The van der Waals surface area contributed by atoms with Crippen molar-refractivity contribution in [3.8, 4) is 0 Å². The number of hydrogen-bond acceptors (Lipinski definition) is 2. The van der Waals surface area contributed by atoms with Crippen molar-refractivity contribution in [1.29, 1.82) is 0 Å². The molecule has 2 rings (SSSR count). The van der Waals surface area contributed by atoms with E-state index in [2.05, 4.69) is 27.9 Å². The number of hydrogen-bond donors (Lipinski definition) is 2. The Balaban J connectivity index is 2.25. The Morgan fingerprint density at radius 1 is 1.37 bits per heavy atom. The maximum atomic E-state index is 12.3. The molecule has 1 heterocycles. The fourth-order valence-corrected chi connectivity index (χ4v) is 2.41. The maximum absolute atomic E-state index is 12.3. The Morgan fingerprint density at radius 2 is 2.11 bits per heavy atom. The van der Waals surface area contributed by atoms with Crippen LogP contribution in [0.1, 0.15) is 30.4 Å². The molecule has 0 saturated heterocycles. The van der Waals surface area contributed by atoms with E-state index in [0.717, 1.165) is 9.26 Å². The molecule has 0 saturated carbocycles. The second kappa shape index (κ2) is 5.64. The van der Waals surface area contributed by atoms with E-state index in [1.54, 1.807) is 12.3 Å². The molecule has 1 aromatic heterocycles. The van der Waals surface area contributed by atoms with Crippen LogP contribution in [0.15, 0.2) is 36.5 Å². The lowest BCUT2D eigenvalue weighted by atomic mass is 10.3. The number of carbonyl (C=O) groups excluding carboxylic acids is 1. The van der Waals surface area contributed by atoms with Gasteiger partial charge in [0.2, 0.25) is 0 Å². The van der Waals surface area contributed by atoms with Gasteiger partial charge in [0.25, 0.3) is 5.91 Å². The average Bonchev–Trinajstić information content (AvgIpc) is 2.71. The molecule has 0 aliphatic heterocycles. The molecule has 4 nitrogen and oxygen atoms in total. The van der Waals surface area contributed by atoms with Gasteiger partial charge in [-0.1, -0.05) is 6.07 Å². The van der Waals surface area contributed by atoms with Crippen molar-refractivity contribution in [3.63, 3.8) is 0 Å². The summed E-state index contributed by atoms with van der Waals surface area (Å²) in [6.07, 6.45) is 1.79. The third-order valence-corrected chi connectivity index (χ3v) is 3.41. The van der Waals surface area contributed by atoms with Gasteiger partial charge in [-0.25, -0.2) is 0 Å². The molecule has 100 valence electrons. The van der Waals surface area contributed by atoms with Crippen molar-refractivity contribution in [2.24, 2.45) is 0 Å². The predicted molar refractivity (Wildman–Crippen MR) is 86.3 cm³/mol. The monoisotopic (exact) mass is 369 g/mol. The van der Waals surface area contributed by atoms with E-state index in [9.17, 15) is 4.79 Å². The van der Waals surface area contributed by atoms with Gasteiger partial charge in [-0.3, -0.25) is 4.79 Å². The number of amides is 1. The van der Waals surface area contributed by atoms with E-state index < -0.39 is 0 Å². The van der Waals surface area contributed by atoms with Gasteiger partial charge in [0.05, 0.1) is 5.69 Å². The smallest absolute Gasteiger partial charge is 0.272 e. The number of nitrogen functional groups attached to an aromatic ring is 1. The quantitative estimate of drug-likeness (QED) is 0.814. The Hall–Kier alpha value is -1.50. The van der Waals surface area contributed by atoms with Gasteiger partial charge in [-0.2, -0.15) is 0 Å². The maximum Gasteiger partial charge on any atom is 0.272 e. The van der Waals surface area contributed by atoms with E-state index in [1.165, 1.54) is 0 Å². The van der Waals surface area contributed by atoms with Gasteiger partial charge in [0.15, 0.2) is 0 Å². The highest BCUT2D eigenvalue weighted by atomic mass is 127. The van der Waals surface area contributed by atoms with Gasteiger partial charge in [-0.05, 0) is 60.7 Å². The molecule has 0 fully saturated rings. The van der Waals surface area contributed by atoms with Gasteiger partial charge < -0.3 is 15.6 Å². The van der Waals surface area contributed by atoms with Crippen molar-refractivity contribution < 1.29 is 4.79 Å². The van der Waals surface area contributed by atoms with Crippen molar-refractivity contribution >= 4 is 39.9 Å². The van der Waals surface area contributed by atoms with Crippen LogP contribution in [0, 0.1) is 3.57 Å². The number of rotatable bonds is 3. The number of nitrogens with one attached hydrogen (secondary N) is 1. The fourth-order valence-electron chi connectivity index (χ4n) is 1.87. The number of anilines is 2. The van der Waals surface area contributed by atoms with Crippen LogP contribution in [0.3, 0.4) is 0 Å². The molecule has 1 aromatic carbocycles. The van der Waals surface area contributed by atoms with Crippen molar-refractivity contribution in [2.45, 2.75) is 19.9 Å². The SMILES string of the molecule is CC(C)n1cc(N)cc1C(=O)Nc1cccc(I)c1. The highest BCUT2D eigenvalue weighted by Gasteiger charge is 2.14. The molecule has 3 N–H and O–H groups in total. The first-order chi connectivity index (χ1) is 8.97. The molecule has 0 bridgehead atoms. The summed E-state index contributed by atoms with van der Waals surface area (Å²) in [4.78, 5) is 12.3. The molecular weight excluding hydrogens is 353 g/mol. The minimum Gasteiger partial charge on any atom is -0.397 e. The fraction of sp³-hybridized carbons (Fsp3) is 0.214. The van der Waals surface area contributed by atoms with Gasteiger partial charge in [0.1, 0.15) is 5.69 Å². The highest BCUT2D eigenvalue weighted by molar-refractivity contribution is 14.1. The molecule has 2 aromatic rings. The molecule has 1 amide bonds. The number of nitrogens with two attached hydrogens (primary N) is 1. The topological polar surface area (TPSA) is 60.0 Å². The van der Waals surface area contributed by atoms with E-state index in [4.69, 9.17) is 5.73 Å². The number of carbonyl (C=O) groups is 1. The largest absolute Gasteiger partial charge is 0.397 e. The van der Waals surface area contributed by atoms with Crippen LogP contribution in [-0.2, 0) is 0 Å². The lowest BCUT2D eigenvalue weighted by Crippen LogP contribution is -2.17. The van der Waals surface area contributed by atoms with Crippen molar-refractivity contribution in [3.05, 3.63) is 45.8 Å². The minimum absolute atomic E-state index is 0.146. The van der Waals surface area contributed by atoms with Crippen LogP contribution in [-0.4, -0.2) is 10.5 Å². The van der Waals surface area contributed by atoms with Crippen LogP contribution < -0.4 is 11.1 Å². The minimum atomic E-state index is -0.146. The van der Waals surface area contributed by atoms with E-state index in [0.29, 0.717) is 11.4 Å². The highest BCUT2D eigenvalue weighted by Crippen LogP contribution is 2.19. The molecule has 0 aliphatic rings. The van der Waals surface area contributed by atoms with E-state index >= 15 is 0 Å². The summed E-state index contributed by atoms with van der Waals surface area (Å²) in [5.41, 5.74) is 7.73. The van der Waals surface area contributed by atoms with Crippen LogP contribution in [0.2, 0.25) is 0 Å². The summed E-state index contributed by atoms with van der Waals surface area (Å²) in [6, 6.07) is 9.56. The van der Waals surface area contributed by atoms with Crippen molar-refractivity contribution in [1.82, 2.24) is 4.57 Å². The van der Waals surface area contributed by atoms with Gasteiger partial charge in [0, 0.05) is 21.5 Å². The Bertz CT molecular complexity index is 604. The van der Waals surface area contributed by atoms with Crippen LogP contribution >= 0.6 is 22.6 Å². The average molecular weight is 369 g/mol. The zero-order valence-corrected chi connectivity index (χ0v) is 13.0. The lowest BCUT2D eigenvalue weighted by Gasteiger charge is -2.12. The van der Waals surface area contributed by atoms with Crippen molar-refractivity contribution in [2.75, 3.05) is 11.1 Å². The summed E-state index contributed by atoms with van der Waals surface area (Å²) in [5, 5.41) is 2.89. The summed E-state index contributed by atoms with van der Waals surface area (Å²) >= 11 is 2.21. The first kappa shape index (κ1) is 13.9. The molecule has 5 heteroatoms. The second-order valence-electron chi connectivity index (χ2n) is 4.62. The second-order valence-corrected chi connectivity index (χ2v) is 5.87. The van der Waals surface area contributed by atoms with Crippen LogP contribution in [0.25, 0.3) is 0 Å². The standard InChI is InChI=1S/C14H16IN3O/c1-9(2)18-8-11(16)7-13(18)14(19)17-12-5-3-4-10(15)6-12/h3-9H,16H2,1-2H3,(H,17,19). The molecule has 0 aliphatic carbocycles. The third kappa shape index (κ3) is 3.28. The number of halogens is 1. The zero-order valence-electron chi connectivity index (χ0n) is 10.9. The summed E-state index contributed by atoms with van der Waals surface area (Å²) in [7, 11) is 0. The van der Waals surface area contributed by atoms with Crippen LogP contribution in [0.5, 0.6) is 0 Å². The Kier molecular flexibility index (Phi) is 4.14. The number of benzene rings is 1. The Morgan fingerprint density at radius 3 is 2.74 bits per heavy atom. The van der Waals surface area contributed by atoms with Gasteiger partial charge in [-0.15, -0.1) is 0 Å².